The molecule has 30 heavy (non-hydrogen) atoms. The van der Waals surface area contributed by atoms with Crippen molar-refractivity contribution in [3.8, 4) is 0 Å². The van der Waals surface area contributed by atoms with Gasteiger partial charge in [-0.1, -0.05) is 76.2 Å². The molecule has 0 saturated carbocycles. The van der Waals surface area contributed by atoms with Gasteiger partial charge in [0, 0.05) is 24.9 Å². The number of benzene rings is 2. The van der Waals surface area contributed by atoms with Crippen LogP contribution in [0.3, 0.4) is 0 Å². The summed E-state index contributed by atoms with van der Waals surface area (Å²) in [4.78, 5) is 28.4. The van der Waals surface area contributed by atoms with Gasteiger partial charge < -0.3 is 10.0 Å². The first-order valence-electron chi connectivity index (χ1n) is 11.0. The van der Waals surface area contributed by atoms with Crippen molar-refractivity contribution in [1.29, 1.82) is 0 Å². The first kappa shape index (κ1) is 20.6. The molecule has 0 unspecified atom stereocenters. The average Bonchev–Trinajstić information content (AvgIpc) is 2.71. The van der Waals surface area contributed by atoms with E-state index in [4.69, 9.17) is 0 Å². The number of amides is 1. The van der Waals surface area contributed by atoms with E-state index in [-0.39, 0.29) is 17.7 Å². The second kappa shape index (κ2) is 7.90. The van der Waals surface area contributed by atoms with Gasteiger partial charge in [-0.25, -0.2) is 0 Å². The summed E-state index contributed by atoms with van der Waals surface area (Å²) < 4.78 is 0. The molecule has 0 aromatic heterocycles. The van der Waals surface area contributed by atoms with Crippen LogP contribution < -0.4 is 0 Å². The van der Waals surface area contributed by atoms with Gasteiger partial charge in [0.05, 0.1) is 11.8 Å². The second-order valence-corrected chi connectivity index (χ2v) is 9.63. The first-order chi connectivity index (χ1) is 14.3. The summed E-state index contributed by atoms with van der Waals surface area (Å²) in [6.07, 6.45) is 0. The minimum absolute atomic E-state index is 0.0104. The van der Waals surface area contributed by atoms with Crippen LogP contribution in [0.25, 0.3) is 0 Å². The van der Waals surface area contributed by atoms with Crippen molar-refractivity contribution in [2.24, 2.45) is 23.7 Å². The summed E-state index contributed by atoms with van der Waals surface area (Å²) in [7, 11) is 0. The largest absolute Gasteiger partial charge is 0.481 e. The Hall–Kier alpha value is -2.62. The van der Waals surface area contributed by atoms with E-state index in [0.29, 0.717) is 24.9 Å². The van der Waals surface area contributed by atoms with Crippen LogP contribution >= 0.6 is 0 Å². The lowest BCUT2D eigenvalue weighted by molar-refractivity contribution is -0.153. The van der Waals surface area contributed by atoms with Gasteiger partial charge in [-0.3, -0.25) is 9.59 Å². The zero-order chi connectivity index (χ0) is 21.6. The van der Waals surface area contributed by atoms with Crippen LogP contribution in [0.5, 0.6) is 0 Å². The Balaban J connectivity index is 1.87. The fourth-order valence-electron chi connectivity index (χ4n) is 5.62. The van der Waals surface area contributed by atoms with Gasteiger partial charge in [-0.15, -0.1) is 0 Å². The second-order valence-electron chi connectivity index (χ2n) is 9.63. The molecule has 4 heteroatoms. The predicted octanol–water partition coefficient (Wildman–Crippen LogP) is 4.74. The Morgan fingerprint density at radius 2 is 1.13 bits per heavy atom. The molecule has 0 spiro atoms. The van der Waals surface area contributed by atoms with Crippen molar-refractivity contribution >= 4 is 11.9 Å². The zero-order valence-corrected chi connectivity index (χ0v) is 18.2. The van der Waals surface area contributed by atoms with E-state index in [1.165, 1.54) is 0 Å². The molecule has 0 radical (unpaired) electrons. The Bertz CT molecular complexity index is 907. The highest BCUT2D eigenvalue weighted by atomic mass is 16.4. The predicted molar refractivity (Wildman–Crippen MR) is 117 cm³/mol. The molecule has 2 aromatic rings. The zero-order valence-electron chi connectivity index (χ0n) is 18.2. The number of carboxylic acids is 1. The summed E-state index contributed by atoms with van der Waals surface area (Å²) >= 11 is 0. The quantitative estimate of drug-likeness (QED) is 0.755. The number of rotatable bonds is 6. The lowest BCUT2D eigenvalue weighted by Gasteiger charge is -2.49. The Morgan fingerprint density at radius 3 is 1.47 bits per heavy atom. The maximum Gasteiger partial charge on any atom is 0.308 e. The van der Waals surface area contributed by atoms with Gasteiger partial charge in [-0.05, 0) is 34.1 Å². The first-order valence-corrected chi connectivity index (χ1v) is 11.0. The number of aliphatic carboxylic acids is 1. The average molecular weight is 406 g/mol. The normalized spacial score (nSPS) is 23.9. The molecule has 158 valence electrons. The van der Waals surface area contributed by atoms with Crippen LogP contribution in [0.15, 0.2) is 48.5 Å². The Kier molecular flexibility index (Phi) is 5.44. The lowest BCUT2D eigenvalue weighted by atomic mass is 9.54. The third-order valence-electron chi connectivity index (χ3n) is 6.49. The molecule has 1 amide bonds. The van der Waals surface area contributed by atoms with Crippen molar-refractivity contribution < 1.29 is 14.7 Å². The number of hydrogen-bond donors (Lipinski definition) is 1. The smallest absolute Gasteiger partial charge is 0.308 e. The molecular formula is C26H31NO3. The van der Waals surface area contributed by atoms with E-state index in [1.54, 1.807) is 0 Å². The van der Waals surface area contributed by atoms with Gasteiger partial charge in [0.1, 0.15) is 0 Å². The van der Waals surface area contributed by atoms with Gasteiger partial charge in [-0.2, -0.15) is 0 Å². The molecule has 0 aliphatic heterocycles. The Labute approximate surface area is 178 Å². The van der Waals surface area contributed by atoms with Gasteiger partial charge in [0.2, 0.25) is 5.91 Å². The highest BCUT2D eigenvalue weighted by Crippen LogP contribution is 2.58. The van der Waals surface area contributed by atoms with Gasteiger partial charge >= 0.3 is 5.97 Å². The molecule has 0 saturated heterocycles. The minimum atomic E-state index is -0.874. The van der Waals surface area contributed by atoms with Crippen molar-refractivity contribution in [2.75, 3.05) is 13.1 Å². The van der Waals surface area contributed by atoms with Crippen LogP contribution in [0.4, 0.5) is 0 Å². The van der Waals surface area contributed by atoms with Crippen LogP contribution in [-0.2, 0) is 9.59 Å². The van der Waals surface area contributed by atoms with E-state index in [9.17, 15) is 14.7 Å². The molecule has 2 aromatic carbocycles. The highest BCUT2D eigenvalue weighted by Gasteiger charge is 2.56. The van der Waals surface area contributed by atoms with Crippen molar-refractivity contribution in [3.63, 3.8) is 0 Å². The molecule has 0 heterocycles. The number of carbonyl (C=O) groups is 2. The monoisotopic (exact) mass is 405 g/mol. The van der Waals surface area contributed by atoms with E-state index < -0.39 is 17.8 Å². The maximum absolute atomic E-state index is 14.0. The molecule has 4 nitrogen and oxygen atoms in total. The van der Waals surface area contributed by atoms with E-state index in [1.807, 2.05) is 41.3 Å². The molecule has 5 rings (SSSR count). The summed E-state index contributed by atoms with van der Waals surface area (Å²) in [5, 5.41) is 10.3. The fraction of sp³-hybridized carbons (Fsp3) is 0.462. The molecule has 3 aliphatic rings. The summed E-state index contributed by atoms with van der Waals surface area (Å²) in [5.41, 5.74) is 4.37. The van der Waals surface area contributed by atoms with Crippen LogP contribution in [0, 0.1) is 23.7 Å². The van der Waals surface area contributed by atoms with Gasteiger partial charge in [0.25, 0.3) is 0 Å². The maximum atomic E-state index is 14.0. The standard InChI is InChI=1S/C26H31NO3/c1-15(2)13-27(14-16(3)4)25(28)23-21-17-9-5-7-11-19(17)22(24(23)26(29)30)20-12-8-6-10-18(20)21/h5-12,15-16,21-24H,13-14H2,1-4H3,(H,29,30)/t21?,22?,23-,24+/m1/s1. The topological polar surface area (TPSA) is 57.6 Å². The summed E-state index contributed by atoms with van der Waals surface area (Å²) in [6, 6.07) is 16.2. The molecule has 0 fully saturated rings. The number of nitrogens with zero attached hydrogens (tertiary/aromatic N) is 1. The minimum Gasteiger partial charge on any atom is -0.481 e. The number of hydrogen-bond acceptors (Lipinski definition) is 2. The number of carbonyl (C=O) groups excluding carboxylic acids is 1. The fourth-order valence-corrected chi connectivity index (χ4v) is 5.62. The van der Waals surface area contributed by atoms with Crippen LogP contribution in [-0.4, -0.2) is 35.0 Å². The molecule has 3 aliphatic carbocycles. The lowest BCUT2D eigenvalue weighted by Crippen LogP contribution is -2.52. The SMILES string of the molecule is CC(C)CN(CC(C)C)C(=O)[C@@H]1C2c3ccccc3C(c3ccccc32)[C@@H]1C(=O)O. The Morgan fingerprint density at radius 1 is 0.767 bits per heavy atom. The third-order valence-corrected chi connectivity index (χ3v) is 6.49. The van der Waals surface area contributed by atoms with E-state index in [2.05, 4.69) is 39.8 Å². The van der Waals surface area contributed by atoms with Crippen LogP contribution in [0.1, 0.15) is 61.8 Å². The molecule has 1 N–H and O–H groups in total. The van der Waals surface area contributed by atoms with Crippen molar-refractivity contribution in [1.82, 2.24) is 4.90 Å². The van der Waals surface area contributed by atoms with E-state index >= 15 is 0 Å². The molecule has 2 atom stereocenters. The number of fused-ring (bicyclic) bond motifs is 1. The summed E-state index contributed by atoms with van der Waals surface area (Å²) in [5.74, 6) is -2.03. The molecule has 2 bridgehead atoms. The van der Waals surface area contributed by atoms with E-state index in [0.717, 1.165) is 22.3 Å². The molecular weight excluding hydrogens is 374 g/mol. The van der Waals surface area contributed by atoms with Gasteiger partial charge in [0.15, 0.2) is 0 Å². The number of carboxylic acid groups (broad SMARTS) is 1. The summed E-state index contributed by atoms with van der Waals surface area (Å²) in [6.45, 7) is 9.72. The third kappa shape index (κ3) is 3.32. The highest BCUT2D eigenvalue weighted by molar-refractivity contribution is 5.90. The van der Waals surface area contributed by atoms with Crippen molar-refractivity contribution in [3.05, 3.63) is 70.8 Å². The van der Waals surface area contributed by atoms with Crippen LogP contribution in [0.2, 0.25) is 0 Å². The van der Waals surface area contributed by atoms with Crippen molar-refractivity contribution in [2.45, 2.75) is 39.5 Å².